The SMILES string of the molecule is Cc1cccc(N2C(=O)C(=CC=Cc3ccccc3)S(=O)(=O)C2c2cccc([N+](=O)[O-])c2)c1. The number of nitrogens with zero attached hydrogens (tertiary/aromatic N) is 2. The molecular formula is C25H20N2O5S. The largest absolute Gasteiger partial charge is 0.286 e. The molecule has 0 spiro atoms. The summed E-state index contributed by atoms with van der Waals surface area (Å²) in [7, 11) is -4.17. The van der Waals surface area contributed by atoms with E-state index in [4.69, 9.17) is 0 Å². The molecule has 1 amide bonds. The number of sulfone groups is 1. The summed E-state index contributed by atoms with van der Waals surface area (Å²) in [6.45, 7) is 1.83. The number of allylic oxidation sites excluding steroid dienone is 2. The van der Waals surface area contributed by atoms with Gasteiger partial charge in [-0.3, -0.25) is 19.8 Å². The van der Waals surface area contributed by atoms with Crippen molar-refractivity contribution in [2.75, 3.05) is 4.90 Å². The van der Waals surface area contributed by atoms with Gasteiger partial charge in [-0.15, -0.1) is 0 Å². The zero-order valence-corrected chi connectivity index (χ0v) is 18.5. The van der Waals surface area contributed by atoms with Crippen LogP contribution in [0.1, 0.15) is 22.1 Å². The van der Waals surface area contributed by atoms with Crippen LogP contribution in [-0.4, -0.2) is 19.2 Å². The maximum absolute atomic E-state index is 13.6. The number of non-ortho nitro benzene ring substituents is 1. The van der Waals surface area contributed by atoms with Gasteiger partial charge in [-0.05, 0) is 41.8 Å². The molecular weight excluding hydrogens is 440 g/mol. The molecule has 0 bridgehead atoms. The molecule has 0 saturated carbocycles. The molecule has 3 aromatic carbocycles. The Labute approximate surface area is 191 Å². The Kier molecular flexibility index (Phi) is 5.93. The molecule has 1 aliphatic rings. The van der Waals surface area contributed by atoms with Crippen LogP contribution in [0.4, 0.5) is 11.4 Å². The minimum absolute atomic E-state index is 0.148. The van der Waals surface area contributed by atoms with Gasteiger partial charge in [0.25, 0.3) is 11.6 Å². The van der Waals surface area contributed by atoms with Crippen molar-refractivity contribution in [1.29, 1.82) is 0 Å². The van der Waals surface area contributed by atoms with E-state index in [0.717, 1.165) is 11.1 Å². The molecule has 0 aliphatic carbocycles. The van der Waals surface area contributed by atoms with Crippen LogP contribution in [0.15, 0.2) is 95.9 Å². The summed E-state index contributed by atoms with van der Waals surface area (Å²) in [5, 5.41) is 9.87. The van der Waals surface area contributed by atoms with Gasteiger partial charge in [0, 0.05) is 17.8 Å². The van der Waals surface area contributed by atoms with Gasteiger partial charge < -0.3 is 0 Å². The zero-order chi connectivity index (χ0) is 23.6. The molecule has 1 fully saturated rings. The number of nitro groups is 1. The fraction of sp³-hybridized carbons (Fsp3) is 0.0800. The van der Waals surface area contributed by atoms with E-state index in [1.807, 2.05) is 43.3 Å². The lowest BCUT2D eigenvalue weighted by atomic mass is 10.1. The maximum atomic E-state index is 13.6. The number of hydrogen-bond donors (Lipinski definition) is 0. The van der Waals surface area contributed by atoms with E-state index in [2.05, 4.69) is 0 Å². The second-order valence-corrected chi connectivity index (χ2v) is 9.54. The molecule has 1 aliphatic heterocycles. The highest BCUT2D eigenvalue weighted by Gasteiger charge is 2.50. The first-order valence-corrected chi connectivity index (χ1v) is 11.7. The molecule has 1 atom stereocenters. The molecule has 8 heteroatoms. The number of carbonyl (C=O) groups excluding carboxylic acids is 1. The number of aryl methyl sites for hydroxylation is 1. The van der Waals surface area contributed by atoms with Crippen molar-refractivity contribution >= 4 is 33.2 Å². The van der Waals surface area contributed by atoms with E-state index in [1.165, 1.54) is 41.3 Å². The van der Waals surface area contributed by atoms with Crippen LogP contribution in [-0.2, 0) is 14.6 Å². The topological polar surface area (TPSA) is 97.6 Å². The molecule has 7 nitrogen and oxygen atoms in total. The van der Waals surface area contributed by atoms with Gasteiger partial charge in [-0.1, -0.05) is 66.7 Å². The quantitative estimate of drug-likeness (QED) is 0.304. The lowest BCUT2D eigenvalue weighted by molar-refractivity contribution is -0.384. The van der Waals surface area contributed by atoms with Crippen LogP contribution < -0.4 is 4.90 Å². The van der Waals surface area contributed by atoms with Crippen LogP contribution in [0.2, 0.25) is 0 Å². The van der Waals surface area contributed by atoms with Crippen molar-refractivity contribution in [2.45, 2.75) is 12.3 Å². The summed E-state index contributed by atoms with van der Waals surface area (Å²) in [6.07, 6.45) is 4.50. The van der Waals surface area contributed by atoms with Gasteiger partial charge >= 0.3 is 0 Å². The second kappa shape index (κ2) is 8.84. The molecule has 33 heavy (non-hydrogen) atoms. The number of anilines is 1. The average Bonchev–Trinajstić information content (AvgIpc) is 3.00. The second-order valence-electron chi connectivity index (χ2n) is 7.56. The molecule has 0 N–H and O–H groups in total. The summed E-state index contributed by atoms with van der Waals surface area (Å²) < 4.78 is 27.1. The Balaban J connectivity index is 1.86. The lowest BCUT2D eigenvalue weighted by Crippen LogP contribution is -2.29. The first kappa shape index (κ1) is 22.2. The normalized spacial score (nSPS) is 18.8. The molecule has 1 unspecified atom stereocenters. The van der Waals surface area contributed by atoms with Crippen molar-refractivity contribution in [3.63, 3.8) is 0 Å². The predicted molar refractivity (Wildman–Crippen MR) is 127 cm³/mol. The van der Waals surface area contributed by atoms with Crippen LogP contribution in [0, 0.1) is 17.0 Å². The maximum Gasteiger partial charge on any atom is 0.271 e. The molecule has 1 heterocycles. The minimum atomic E-state index is -4.17. The van der Waals surface area contributed by atoms with Crippen LogP contribution in [0.3, 0.4) is 0 Å². The third-order valence-electron chi connectivity index (χ3n) is 5.25. The number of carbonyl (C=O) groups is 1. The Morgan fingerprint density at radius 3 is 2.39 bits per heavy atom. The number of amides is 1. The van der Waals surface area contributed by atoms with Crippen molar-refractivity contribution in [3.05, 3.63) is 123 Å². The van der Waals surface area contributed by atoms with E-state index in [1.54, 1.807) is 24.3 Å². The van der Waals surface area contributed by atoms with Crippen molar-refractivity contribution in [1.82, 2.24) is 0 Å². The van der Waals surface area contributed by atoms with Gasteiger partial charge in [0.05, 0.1) is 4.92 Å². The van der Waals surface area contributed by atoms with Gasteiger partial charge in [0.15, 0.2) is 5.37 Å². The summed E-state index contributed by atoms with van der Waals surface area (Å²) in [4.78, 5) is 24.9. The Hall–Kier alpha value is -4.04. The highest BCUT2D eigenvalue weighted by molar-refractivity contribution is 7.97. The monoisotopic (exact) mass is 460 g/mol. The lowest BCUT2D eigenvalue weighted by Gasteiger charge is -2.23. The van der Waals surface area contributed by atoms with E-state index in [-0.39, 0.29) is 16.2 Å². The van der Waals surface area contributed by atoms with Gasteiger partial charge in [0.1, 0.15) is 4.91 Å². The van der Waals surface area contributed by atoms with Gasteiger partial charge in [0.2, 0.25) is 9.84 Å². The molecule has 4 rings (SSSR count). The first-order chi connectivity index (χ1) is 15.8. The fourth-order valence-electron chi connectivity index (χ4n) is 3.73. The third kappa shape index (κ3) is 4.33. The number of hydrogen-bond acceptors (Lipinski definition) is 5. The van der Waals surface area contributed by atoms with E-state index >= 15 is 0 Å². The van der Waals surface area contributed by atoms with Crippen molar-refractivity contribution in [3.8, 4) is 0 Å². The summed E-state index contributed by atoms with van der Waals surface area (Å²) in [5.74, 6) is -0.685. The summed E-state index contributed by atoms with van der Waals surface area (Å²) in [5.41, 5.74) is 1.99. The Morgan fingerprint density at radius 1 is 0.970 bits per heavy atom. The van der Waals surface area contributed by atoms with Crippen LogP contribution in [0.25, 0.3) is 6.08 Å². The standard InChI is InChI=1S/C25H20N2O5S/c1-18-8-5-13-21(16-18)26-24(28)23(15-6-11-19-9-3-2-4-10-19)33(31,32)25(26)20-12-7-14-22(17-20)27(29)30/h2-17,25H,1H3. The van der Waals surface area contributed by atoms with Gasteiger partial charge in [-0.25, -0.2) is 8.42 Å². The number of nitro benzene ring substituents is 1. The third-order valence-corrected chi connectivity index (χ3v) is 7.24. The molecule has 166 valence electrons. The summed E-state index contributed by atoms with van der Waals surface area (Å²) in [6, 6.07) is 21.6. The zero-order valence-electron chi connectivity index (χ0n) is 17.7. The molecule has 3 aromatic rings. The van der Waals surface area contributed by atoms with Crippen molar-refractivity contribution < 1.29 is 18.1 Å². The van der Waals surface area contributed by atoms with Gasteiger partial charge in [-0.2, -0.15) is 0 Å². The van der Waals surface area contributed by atoms with E-state index in [0.29, 0.717) is 5.69 Å². The first-order valence-electron chi connectivity index (χ1n) is 10.1. The predicted octanol–water partition coefficient (Wildman–Crippen LogP) is 4.96. The Bertz CT molecular complexity index is 1400. The highest BCUT2D eigenvalue weighted by Crippen LogP contribution is 2.43. The van der Waals surface area contributed by atoms with E-state index in [9.17, 15) is 23.3 Å². The fourth-order valence-corrected chi connectivity index (χ4v) is 5.58. The molecule has 1 saturated heterocycles. The highest BCUT2D eigenvalue weighted by atomic mass is 32.2. The van der Waals surface area contributed by atoms with Crippen LogP contribution in [0.5, 0.6) is 0 Å². The van der Waals surface area contributed by atoms with Crippen LogP contribution >= 0.6 is 0 Å². The van der Waals surface area contributed by atoms with Crippen molar-refractivity contribution in [2.24, 2.45) is 0 Å². The Morgan fingerprint density at radius 2 is 1.70 bits per heavy atom. The molecule has 0 radical (unpaired) electrons. The number of benzene rings is 3. The number of rotatable bonds is 5. The average molecular weight is 461 g/mol. The minimum Gasteiger partial charge on any atom is -0.286 e. The smallest absolute Gasteiger partial charge is 0.271 e. The molecule has 0 aromatic heterocycles. The van der Waals surface area contributed by atoms with E-state index < -0.39 is 26.0 Å². The summed E-state index contributed by atoms with van der Waals surface area (Å²) >= 11 is 0.